The smallest absolute Gasteiger partial charge is 0.183 e. The van der Waals surface area contributed by atoms with Crippen LogP contribution in [0, 0.1) is 0 Å². The molecular formula is C12H13BrN2S3. The molecule has 1 aromatic carbocycles. The van der Waals surface area contributed by atoms with Crippen LogP contribution in [0.15, 0.2) is 22.7 Å². The van der Waals surface area contributed by atoms with Gasteiger partial charge in [-0.05, 0) is 18.2 Å². The van der Waals surface area contributed by atoms with Gasteiger partial charge < -0.3 is 5.32 Å². The van der Waals surface area contributed by atoms with E-state index in [1.165, 1.54) is 22.0 Å². The highest BCUT2D eigenvalue weighted by atomic mass is 79.9. The van der Waals surface area contributed by atoms with Crippen molar-refractivity contribution in [3.8, 4) is 0 Å². The number of rotatable bonds is 3. The number of thiazole rings is 1. The Hall–Kier alpha value is 0.0900. The van der Waals surface area contributed by atoms with Gasteiger partial charge in [0, 0.05) is 33.5 Å². The number of nitrogens with one attached hydrogen (secondary N) is 1. The average molecular weight is 361 g/mol. The predicted molar refractivity (Wildman–Crippen MR) is 89.4 cm³/mol. The number of hydrogen-bond donors (Lipinski definition) is 1. The van der Waals surface area contributed by atoms with Gasteiger partial charge in [-0.15, -0.1) is 0 Å². The third kappa shape index (κ3) is 3.15. The van der Waals surface area contributed by atoms with Crippen molar-refractivity contribution in [2.45, 2.75) is 5.25 Å². The molecule has 3 rings (SSSR count). The maximum atomic E-state index is 4.61. The molecule has 1 atom stereocenters. The van der Waals surface area contributed by atoms with E-state index in [0.717, 1.165) is 26.9 Å². The van der Waals surface area contributed by atoms with Crippen molar-refractivity contribution in [1.29, 1.82) is 0 Å². The molecule has 1 unspecified atom stereocenters. The monoisotopic (exact) mass is 360 g/mol. The first-order chi connectivity index (χ1) is 8.81. The van der Waals surface area contributed by atoms with Crippen molar-refractivity contribution >= 4 is 66.1 Å². The van der Waals surface area contributed by atoms with E-state index in [1.807, 2.05) is 6.07 Å². The molecule has 2 heterocycles. The fourth-order valence-electron chi connectivity index (χ4n) is 1.83. The summed E-state index contributed by atoms with van der Waals surface area (Å²) in [6.45, 7) is 1.03. The third-order valence-corrected chi connectivity index (χ3v) is 7.03. The minimum atomic E-state index is 0.725. The van der Waals surface area contributed by atoms with Gasteiger partial charge in [-0.2, -0.15) is 23.5 Å². The summed E-state index contributed by atoms with van der Waals surface area (Å²) in [5, 5.41) is 5.25. The Morgan fingerprint density at radius 2 is 2.33 bits per heavy atom. The van der Waals surface area contributed by atoms with Gasteiger partial charge in [0.05, 0.1) is 10.2 Å². The Balaban J connectivity index is 1.67. The third-order valence-electron chi connectivity index (χ3n) is 2.72. The molecule has 2 nitrogen and oxygen atoms in total. The molecule has 96 valence electrons. The zero-order chi connectivity index (χ0) is 12.4. The lowest BCUT2D eigenvalue weighted by Gasteiger charge is -2.20. The summed E-state index contributed by atoms with van der Waals surface area (Å²) in [7, 11) is 0. The molecule has 0 radical (unpaired) electrons. The fourth-order valence-corrected chi connectivity index (χ4v) is 5.87. The van der Waals surface area contributed by atoms with Crippen LogP contribution in [0.4, 0.5) is 5.13 Å². The van der Waals surface area contributed by atoms with E-state index < -0.39 is 0 Å². The molecule has 1 aromatic heterocycles. The average Bonchev–Trinajstić information content (AvgIpc) is 2.79. The lowest BCUT2D eigenvalue weighted by atomic mass is 10.3. The first-order valence-corrected chi connectivity index (χ1v) is 9.62. The molecule has 2 aromatic rings. The van der Waals surface area contributed by atoms with Crippen molar-refractivity contribution in [2.24, 2.45) is 0 Å². The standard InChI is InChI=1S/C12H13BrN2S3/c13-8-1-2-10-11(5-8)18-12(15-10)14-6-9-7-16-3-4-17-9/h1-2,5,9H,3-4,6-7H2,(H,14,15). The van der Waals surface area contributed by atoms with Gasteiger partial charge in [-0.25, -0.2) is 4.98 Å². The molecule has 1 N–H and O–H groups in total. The number of thioether (sulfide) groups is 2. The Labute approximate surface area is 127 Å². The van der Waals surface area contributed by atoms with E-state index >= 15 is 0 Å². The van der Waals surface area contributed by atoms with Crippen LogP contribution in [0.3, 0.4) is 0 Å². The van der Waals surface area contributed by atoms with Crippen molar-refractivity contribution in [1.82, 2.24) is 4.98 Å². The Morgan fingerprint density at radius 1 is 1.39 bits per heavy atom. The zero-order valence-electron chi connectivity index (χ0n) is 9.69. The van der Waals surface area contributed by atoms with E-state index in [-0.39, 0.29) is 0 Å². The fraction of sp³-hybridized carbons (Fsp3) is 0.417. The van der Waals surface area contributed by atoms with Gasteiger partial charge >= 0.3 is 0 Å². The zero-order valence-corrected chi connectivity index (χ0v) is 13.7. The second kappa shape index (κ2) is 6.03. The van der Waals surface area contributed by atoms with Crippen molar-refractivity contribution in [2.75, 3.05) is 29.1 Å². The quantitative estimate of drug-likeness (QED) is 0.880. The van der Waals surface area contributed by atoms with Crippen LogP contribution in [0.1, 0.15) is 0 Å². The van der Waals surface area contributed by atoms with Crippen LogP contribution in [-0.4, -0.2) is 34.0 Å². The van der Waals surface area contributed by atoms with Gasteiger partial charge in [0.25, 0.3) is 0 Å². The van der Waals surface area contributed by atoms with Crippen LogP contribution in [0.2, 0.25) is 0 Å². The van der Waals surface area contributed by atoms with Crippen LogP contribution in [0.5, 0.6) is 0 Å². The number of anilines is 1. The van der Waals surface area contributed by atoms with Gasteiger partial charge in [-0.1, -0.05) is 27.3 Å². The van der Waals surface area contributed by atoms with Gasteiger partial charge in [0.15, 0.2) is 5.13 Å². The Morgan fingerprint density at radius 3 is 3.17 bits per heavy atom. The molecule has 0 aliphatic carbocycles. The van der Waals surface area contributed by atoms with Crippen molar-refractivity contribution in [3.63, 3.8) is 0 Å². The number of hydrogen-bond acceptors (Lipinski definition) is 5. The van der Waals surface area contributed by atoms with Crippen LogP contribution in [0.25, 0.3) is 10.2 Å². The second-order valence-corrected chi connectivity index (χ2v) is 8.58. The molecule has 18 heavy (non-hydrogen) atoms. The summed E-state index contributed by atoms with van der Waals surface area (Å²) in [6.07, 6.45) is 0. The molecular weight excluding hydrogens is 348 g/mol. The summed E-state index contributed by atoms with van der Waals surface area (Å²) >= 11 is 9.37. The number of nitrogens with zero attached hydrogens (tertiary/aromatic N) is 1. The number of halogens is 1. The van der Waals surface area contributed by atoms with E-state index in [2.05, 4.69) is 61.9 Å². The summed E-state index contributed by atoms with van der Waals surface area (Å²) in [5.74, 6) is 3.84. The lowest BCUT2D eigenvalue weighted by molar-refractivity contribution is 1.00. The Bertz CT molecular complexity index is 537. The van der Waals surface area contributed by atoms with E-state index in [4.69, 9.17) is 0 Å². The summed E-state index contributed by atoms with van der Waals surface area (Å²) in [4.78, 5) is 4.61. The molecule has 6 heteroatoms. The van der Waals surface area contributed by atoms with E-state index in [9.17, 15) is 0 Å². The van der Waals surface area contributed by atoms with Gasteiger partial charge in [-0.3, -0.25) is 0 Å². The van der Waals surface area contributed by atoms with Crippen molar-refractivity contribution < 1.29 is 0 Å². The van der Waals surface area contributed by atoms with Crippen LogP contribution < -0.4 is 5.32 Å². The topological polar surface area (TPSA) is 24.9 Å². The lowest BCUT2D eigenvalue weighted by Crippen LogP contribution is -2.23. The van der Waals surface area contributed by atoms with Crippen LogP contribution in [-0.2, 0) is 0 Å². The Kier molecular flexibility index (Phi) is 4.38. The largest absolute Gasteiger partial charge is 0.360 e. The molecule has 1 aliphatic rings. The molecule has 1 saturated heterocycles. The number of benzene rings is 1. The highest BCUT2D eigenvalue weighted by Gasteiger charge is 2.14. The van der Waals surface area contributed by atoms with E-state index in [0.29, 0.717) is 0 Å². The molecule has 0 amide bonds. The van der Waals surface area contributed by atoms with Crippen molar-refractivity contribution in [3.05, 3.63) is 22.7 Å². The predicted octanol–water partition coefficient (Wildman–Crippen LogP) is 4.32. The number of fused-ring (bicyclic) bond motifs is 1. The summed E-state index contributed by atoms with van der Waals surface area (Å²) < 4.78 is 2.35. The van der Waals surface area contributed by atoms with E-state index in [1.54, 1.807) is 11.3 Å². The molecule has 0 spiro atoms. The highest BCUT2D eigenvalue weighted by Crippen LogP contribution is 2.29. The SMILES string of the molecule is Brc1ccc2nc(NCC3CSCCS3)sc2c1. The number of aromatic nitrogens is 1. The highest BCUT2D eigenvalue weighted by molar-refractivity contribution is 9.10. The molecule has 1 fully saturated rings. The van der Waals surface area contributed by atoms with Gasteiger partial charge in [0.1, 0.15) is 0 Å². The molecule has 1 aliphatic heterocycles. The molecule has 0 bridgehead atoms. The summed E-state index contributed by atoms with van der Waals surface area (Å²) in [5.41, 5.74) is 1.08. The minimum Gasteiger partial charge on any atom is -0.360 e. The normalized spacial score (nSPS) is 20.2. The second-order valence-electron chi connectivity index (χ2n) is 4.08. The summed E-state index contributed by atoms with van der Waals surface area (Å²) in [6, 6.07) is 6.23. The van der Waals surface area contributed by atoms with Crippen LogP contribution >= 0.6 is 50.8 Å². The first-order valence-electron chi connectivity index (χ1n) is 5.80. The minimum absolute atomic E-state index is 0.725. The van der Waals surface area contributed by atoms with Gasteiger partial charge in [0.2, 0.25) is 0 Å². The first kappa shape index (κ1) is 13.1. The maximum absolute atomic E-state index is 4.61. The molecule has 0 saturated carbocycles. The maximum Gasteiger partial charge on any atom is 0.183 e.